The summed E-state index contributed by atoms with van der Waals surface area (Å²) in [5, 5.41) is 4.20. The van der Waals surface area contributed by atoms with E-state index in [-0.39, 0.29) is 0 Å². The average molecular weight is 967 g/mol. The van der Waals surface area contributed by atoms with Crippen LogP contribution in [0.1, 0.15) is 0 Å². The molecular formula is C72H46N4. The quantitative estimate of drug-likeness (QED) is 0.135. The zero-order chi connectivity index (χ0) is 50.4. The highest BCUT2D eigenvalue weighted by molar-refractivity contribution is 6.15. The van der Waals surface area contributed by atoms with Crippen molar-refractivity contribution >= 4 is 43.6 Å². The summed E-state index contributed by atoms with van der Waals surface area (Å²) in [6.07, 6.45) is 5.78. The molecule has 0 N–H and O–H groups in total. The monoisotopic (exact) mass is 966 g/mol. The van der Waals surface area contributed by atoms with Gasteiger partial charge in [-0.15, -0.1) is 0 Å². The molecule has 4 nitrogen and oxygen atoms in total. The van der Waals surface area contributed by atoms with Gasteiger partial charge < -0.3 is 0 Å². The van der Waals surface area contributed by atoms with E-state index in [1.807, 2.05) is 18.6 Å². The van der Waals surface area contributed by atoms with Crippen molar-refractivity contribution in [2.24, 2.45) is 0 Å². The maximum absolute atomic E-state index is 5.61. The lowest BCUT2D eigenvalue weighted by atomic mass is 9.89. The van der Waals surface area contributed by atoms with Gasteiger partial charge in [-0.3, -0.25) is 15.0 Å². The maximum Gasteiger partial charge on any atom is 0.0978 e. The van der Waals surface area contributed by atoms with Gasteiger partial charge in [-0.1, -0.05) is 224 Å². The third-order valence-electron chi connectivity index (χ3n) is 14.9. The first kappa shape index (κ1) is 44.5. The van der Waals surface area contributed by atoms with E-state index >= 15 is 0 Å². The fraction of sp³-hybridized carbons (Fsp3) is 0. The molecule has 0 radical (unpaired) electrons. The SMILES string of the molecule is c1ccc(-c2cccc(-c3cc(-c4cccc(-c5ccccc5-c5ccnc6c5ccc5c(-c7ccccc7-c7ccccc7)ccnc56)c4)nc4c3ccc3c(-c5ccccc5-c5ccccc5)ccnc34)c2)cc1. The van der Waals surface area contributed by atoms with E-state index in [9.17, 15) is 0 Å². The molecule has 0 bridgehead atoms. The number of rotatable bonds is 9. The second-order valence-corrected chi connectivity index (χ2v) is 19.2. The second-order valence-electron chi connectivity index (χ2n) is 19.2. The highest BCUT2D eigenvalue weighted by Crippen LogP contribution is 2.44. The molecule has 4 heterocycles. The van der Waals surface area contributed by atoms with Crippen molar-refractivity contribution in [2.75, 3.05) is 0 Å². The van der Waals surface area contributed by atoms with Crippen LogP contribution in [0, 0.1) is 0 Å². The van der Waals surface area contributed by atoms with Crippen LogP contribution in [-0.2, 0) is 0 Å². The molecule has 354 valence electrons. The van der Waals surface area contributed by atoms with E-state index in [1.165, 1.54) is 27.8 Å². The molecule has 0 unspecified atom stereocenters. The normalized spacial score (nSPS) is 11.4. The van der Waals surface area contributed by atoms with E-state index in [1.54, 1.807) is 0 Å². The van der Waals surface area contributed by atoms with Gasteiger partial charge in [0.1, 0.15) is 0 Å². The third-order valence-corrected chi connectivity index (χ3v) is 14.9. The predicted octanol–water partition coefficient (Wildman–Crippen LogP) is 18.9. The van der Waals surface area contributed by atoms with Crippen LogP contribution in [0.5, 0.6) is 0 Å². The summed E-state index contributed by atoms with van der Waals surface area (Å²) in [6, 6.07) is 93.0. The Morgan fingerprint density at radius 2 is 0.513 bits per heavy atom. The summed E-state index contributed by atoms with van der Waals surface area (Å²) in [6.45, 7) is 0. The highest BCUT2D eigenvalue weighted by Gasteiger charge is 2.20. The zero-order valence-electron chi connectivity index (χ0n) is 41.3. The largest absolute Gasteiger partial charge is 0.254 e. The minimum Gasteiger partial charge on any atom is -0.254 e. The first-order chi connectivity index (χ1) is 37.7. The van der Waals surface area contributed by atoms with Crippen molar-refractivity contribution < 1.29 is 0 Å². The molecule has 4 aromatic heterocycles. The average Bonchev–Trinajstić information content (AvgIpc) is 3.57. The van der Waals surface area contributed by atoms with Crippen molar-refractivity contribution in [3.05, 3.63) is 279 Å². The van der Waals surface area contributed by atoms with Crippen molar-refractivity contribution in [2.45, 2.75) is 0 Å². The van der Waals surface area contributed by atoms with Gasteiger partial charge in [0.15, 0.2) is 0 Å². The summed E-state index contributed by atoms with van der Waals surface area (Å²) in [5.41, 5.74) is 23.5. The Morgan fingerprint density at radius 3 is 0.987 bits per heavy atom. The molecule has 0 saturated carbocycles. The Labute approximate surface area is 441 Å². The van der Waals surface area contributed by atoms with Gasteiger partial charge in [0.25, 0.3) is 0 Å². The molecule has 4 heteroatoms. The Morgan fingerprint density at radius 1 is 0.184 bits per heavy atom. The Bertz CT molecular complexity index is 4510. The summed E-state index contributed by atoms with van der Waals surface area (Å²) in [7, 11) is 0. The van der Waals surface area contributed by atoms with Gasteiger partial charge in [-0.25, -0.2) is 4.98 Å². The van der Waals surface area contributed by atoms with Crippen molar-refractivity contribution in [1.82, 2.24) is 19.9 Å². The fourth-order valence-corrected chi connectivity index (χ4v) is 11.3. The van der Waals surface area contributed by atoms with Gasteiger partial charge >= 0.3 is 0 Å². The Hall–Kier alpha value is -10.2. The van der Waals surface area contributed by atoms with Gasteiger partial charge in [0.2, 0.25) is 0 Å². The first-order valence-electron chi connectivity index (χ1n) is 25.8. The van der Waals surface area contributed by atoms with E-state index < -0.39 is 0 Å². The molecule has 0 fully saturated rings. The smallest absolute Gasteiger partial charge is 0.0978 e. The fourth-order valence-electron chi connectivity index (χ4n) is 11.3. The van der Waals surface area contributed by atoms with Crippen LogP contribution in [0.4, 0.5) is 0 Å². The Kier molecular flexibility index (Phi) is 11.2. The van der Waals surface area contributed by atoms with Gasteiger partial charge in [0.05, 0.1) is 27.8 Å². The van der Waals surface area contributed by atoms with Crippen LogP contribution < -0.4 is 0 Å². The van der Waals surface area contributed by atoms with Crippen molar-refractivity contribution in [3.63, 3.8) is 0 Å². The maximum atomic E-state index is 5.61. The topological polar surface area (TPSA) is 51.6 Å². The zero-order valence-corrected chi connectivity index (χ0v) is 41.3. The van der Waals surface area contributed by atoms with Crippen LogP contribution in [0.3, 0.4) is 0 Å². The molecule has 0 spiro atoms. The Balaban J connectivity index is 0.918. The van der Waals surface area contributed by atoms with Crippen LogP contribution in [0.15, 0.2) is 279 Å². The summed E-state index contributed by atoms with van der Waals surface area (Å²) < 4.78 is 0. The van der Waals surface area contributed by atoms with E-state index in [0.717, 1.165) is 116 Å². The van der Waals surface area contributed by atoms with Crippen LogP contribution in [-0.4, -0.2) is 19.9 Å². The number of aromatic nitrogens is 4. The third kappa shape index (κ3) is 7.88. The van der Waals surface area contributed by atoms with Gasteiger partial charge in [-0.2, -0.15) is 0 Å². The molecule has 0 aliphatic carbocycles. The molecule has 0 amide bonds. The van der Waals surface area contributed by atoms with Gasteiger partial charge in [-0.05, 0) is 125 Å². The molecule has 10 aromatic carbocycles. The predicted molar refractivity (Wildman–Crippen MR) is 317 cm³/mol. The standard InChI is InChI=1S/C72H46N4/c1-4-18-47(19-5-1)50-24-16-26-52(44-50)67-46-68(76-72-66(67)37-36-65-61(40-43-75-71(65)72)58-32-14-11-29-55(58)49-22-8-3-9-23-49)53-27-17-25-51(45-53)56-30-12-15-33-59(56)62-39-42-74-70-64(62)35-34-63-60(38-41-73-69(63)70)57-31-13-10-28-54(57)48-20-6-2-7-21-48/h1-46H. The van der Waals surface area contributed by atoms with Crippen LogP contribution in [0.25, 0.3) is 144 Å². The lowest BCUT2D eigenvalue weighted by molar-refractivity contribution is 1.37. The number of fused-ring (bicyclic) bond motifs is 6. The lowest BCUT2D eigenvalue weighted by Crippen LogP contribution is -1.95. The van der Waals surface area contributed by atoms with E-state index in [4.69, 9.17) is 19.9 Å². The minimum absolute atomic E-state index is 0.857. The molecule has 14 rings (SSSR count). The van der Waals surface area contributed by atoms with E-state index in [0.29, 0.717) is 0 Å². The summed E-state index contributed by atoms with van der Waals surface area (Å²) in [4.78, 5) is 20.8. The summed E-state index contributed by atoms with van der Waals surface area (Å²) >= 11 is 0. The number of hydrogen-bond acceptors (Lipinski definition) is 4. The molecule has 0 atom stereocenters. The first-order valence-corrected chi connectivity index (χ1v) is 25.8. The molecular weight excluding hydrogens is 921 g/mol. The molecule has 76 heavy (non-hydrogen) atoms. The lowest BCUT2D eigenvalue weighted by Gasteiger charge is -2.17. The number of benzene rings is 10. The number of nitrogens with zero attached hydrogens (tertiary/aromatic N) is 4. The molecule has 0 aliphatic heterocycles. The second kappa shape index (κ2) is 19.0. The summed E-state index contributed by atoms with van der Waals surface area (Å²) in [5.74, 6) is 0. The molecule has 14 aromatic rings. The minimum atomic E-state index is 0.857. The van der Waals surface area contributed by atoms with Crippen molar-refractivity contribution in [3.8, 4) is 100 Å². The van der Waals surface area contributed by atoms with Crippen molar-refractivity contribution in [1.29, 1.82) is 0 Å². The number of pyridine rings is 4. The highest BCUT2D eigenvalue weighted by atomic mass is 14.8. The van der Waals surface area contributed by atoms with E-state index in [2.05, 4.69) is 261 Å². The van der Waals surface area contributed by atoms with Gasteiger partial charge in [0, 0.05) is 45.7 Å². The van der Waals surface area contributed by atoms with Crippen LogP contribution >= 0.6 is 0 Å². The van der Waals surface area contributed by atoms with Crippen LogP contribution in [0.2, 0.25) is 0 Å². The molecule has 0 aliphatic rings. The number of hydrogen-bond donors (Lipinski definition) is 0. The molecule has 0 saturated heterocycles.